The number of hydrogen-bond donors (Lipinski definition) is 2. The molecule has 0 fully saturated rings. The topological polar surface area (TPSA) is 105 Å². The number of carbonyl (C=O) groups excluding carboxylic acids is 1. The molecular formula is C17H11N5O3S2. The van der Waals surface area contributed by atoms with Gasteiger partial charge in [0.1, 0.15) is 5.69 Å². The fourth-order valence-electron chi connectivity index (χ4n) is 2.75. The van der Waals surface area contributed by atoms with Gasteiger partial charge in [0, 0.05) is 28.2 Å². The molecule has 0 aliphatic rings. The standard InChI is InChI=1S/C17H11N5O3S2/c1-8-5-22-6-11(19-16(22)27-8)14(23)21-15-18-12(7-26-15)9-2-3-10-13(4-9)25-17(24)20-10/h2-7H,1H3,(H,20,24)(H,18,21,23). The zero-order chi connectivity index (χ0) is 18.5. The molecular weight excluding hydrogens is 386 g/mol. The number of amides is 1. The number of oxazole rings is 1. The summed E-state index contributed by atoms with van der Waals surface area (Å²) in [5.74, 6) is -0.805. The summed E-state index contributed by atoms with van der Waals surface area (Å²) in [4.78, 5) is 37.0. The second kappa shape index (κ2) is 5.89. The lowest BCUT2D eigenvalue weighted by Crippen LogP contribution is -2.12. The molecule has 2 N–H and O–H groups in total. The van der Waals surface area contributed by atoms with Crippen molar-refractivity contribution >= 4 is 49.8 Å². The van der Waals surface area contributed by atoms with Gasteiger partial charge in [0.15, 0.2) is 15.7 Å². The average Bonchev–Trinajstić information content (AvgIpc) is 3.36. The van der Waals surface area contributed by atoms with Crippen molar-refractivity contribution in [3.63, 3.8) is 0 Å². The zero-order valence-electron chi connectivity index (χ0n) is 13.8. The van der Waals surface area contributed by atoms with E-state index in [1.54, 1.807) is 18.3 Å². The van der Waals surface area contributed by atoms with E-state index >= 15 is 0 Å². The minimum atomic E-state index is -0.497. The molecule has 134 valence electrons. The zero-order valence-corrected chi connectivity index (χ0v) is 15.5. The van der Waals surface area contributed by atoms with E-state index in [9.17, 15) is 9.59 Å². The number of anilines is 1. The number of fused-ring (bicyclic) bond motifs is 2. The first-order valence-electron chi connectivity index (χ1n) is 7.90. The minimum Gasteiger partial charge on any atom is -0.408 e. The number of imidazole rings is 1. The van der Waals surface area contributed by atoms with Crippen molar-refractivity contribution in [3.8, 4) is 11.3 Å². The van der Waals surface area contributed by atoms with Crippen LogP contribution in [-0.4, -0.2) is 25.3 Å². The highest BCUT2D eigenvalue weighted by atomic mass is 32.1. The average molecular weight is 397 g/mol. The van der Waals surface area contributed by atoms with Crippen molar-refractivity contribution in [2.24, 2.45) is 0 Å². The molecule has 10 heteroatoms. The fourth-order valence-corrected chi connectivity index (χ4v) is 4.27. The summed E-state index contributed by atoms with van der Waals surface area (Å²) in [6, 6.07) is 5.33. The van der Waals surface area contributed by atoms with Crippen molar-refractivity contribution in [2.75, 3.05) is 5.32 Å². The summed E-state index contributed by atoms with van der Waals surface area (Å²) in [7, 11) is 0. The number of carbonyl (C=O) groups is 1. The second-order valence-corrected chi connectivity index (χ2v) is 7.95. The Balaban J connectivity index is 1.39. The summed E-state index contributed by atoms with van der Waals surface area (Å²) in [6.07, 6.45) is 3.63. The smallest absolute Gasteiger partial charge is 0.408 e. The molecule has 1 aromatic carbocycles. The summed E-state index contributed by atoms with van der Waals surface area (Å²) >= 11 is 2.84. The van der Waals surface area contributed by atoms with Crippen LogP contribution in [0.15, 0.2) is 45.2 Å². The van der Waals surface area contributed by atoms with Crippen molar-refractivity contribution in [1.82, 2.24) is 19.4 Å². The molecule has 1 amide bonds. The lowest BCUT2D eigenvalue weighted by molar-refractivity contribution is 0.102. The Kier molecular flexibility index (Phi) is 3.49. The Bertz CT molecular complexity index is 1340. The Hall–Kier alpha value is -3.24. The number of nitrogens with zero attached hydrogens (tertiary/aromatic N) is 3. The summed E-state index contributed by atoms with van der Waals surface area (Å²) in [5, 5.41) is 5.07. The van der Waals surface area contributed by atoms with Gasteiger partial charge >= 0.3 is 5.76 Å². The van der Waals surface area contributed by atoms with Crippen LogP contribution < -0.4 is 11.1 Å². The first kappa shape index (κ1) is 16.0. The molecule has 4 heterocycles. The van der Waals surface area contributed by atoms with Gasteiger partial charge < -0.3 is 4.42 Å². The molecule has 0 spiro atoms. The molecule has 0 aliphatic heterocycles. The van der Waals surface area contributed by atoms with Crippen LogP contribution in [0.1, 0.15) is 15.4 Å². The van der Waals surface area contributed by atoms with Crippen molar-refractivity contribution < 1.29 is 9.21 Å². The van der Waals surface area contributed by atoms with Gasteiger partial charge in [0.25, 0.3) is 5.91 Å². The van der Waals surface area contributed by atoms with E-state index in [4.69, 9.17) is 4.42 Å². The predicted octanol–water partition coefficient (Wildman–Crippen LogP) is 3.51. The van der Waals surface area contributed by atoms with E-state index in [0.717, 1.165) is 15.4 Å². The quantitative estimate of drug-likeness (QED) is 0.485. The lowest BCUT2D eigenvalue weighted by atomic mass is 10.1. The molecule has 0 saturated carbocycles. The maximum Gasteiger partial charge on any atom is 0.417 e. The maximum absolute atomic E-state index is 12.4. The first-order chi connectivity index (χ1) is 13.0. The summed E-state index contributed by atoms with van der Waals surface area (Å²) in [5.41, 5.74) is 2.91. The van der Waals surface area contributed by atoms with E-state index in [-0.39, 0.29) is 5.91 Å². The number of thiazole rings is 2. The number of H-pyrrole nitrogens is 1. The van der Waals surface area contributed by atoms with Crippen LogP contribution in [-0.2, 0) is 0 Å². The van der Waals surface area contributed by atoms with E-state index in [2.05, 4.69) is 20.3 Å². The van der Waals surface area contributed by atoms with Crippen LogP contribution in [0.4, 0.5) is 5.13 Å². The highest BCUT2D eigenvalue weighted by Crippen LogP contribution is 2.27. The number of benzene rings is 1. The van der Waals surface area contributed by atoms with Crippen LogP contribution in [0.25, 0.3) is 27.3 Å². The summed E-state index contributed by atoms with van der Waals surface area (Å²) < 4.78 is 6.91. The molecule has 0 bridgehead atoms. The van der Waals surface area contributed by atoms with Gasteiger partial charge in [-0.1, -0.05) is 6.07 Å². The number of hydrogen-bond acceptors (Lipinski definition) is 7. The van der Waals surface area contributed by atoms with Gasteiger partial charge in [0.05, 0.1) is 11.2 Å². The van der Waals surface area contributed by atoms with Gasteiger partial charge in [0.2, 0.25) is 0 Å². The third-order valence-electron chi connectivity index (χ3n) is 3.95. The molecule has 0 unspecified atom stereocenters. The van der Waals surface area contributed by atoms with Crippen LogP contribution in [0.3, 0.4) is 0 Å². The Morgan fingerprint density at radius 2 is 2.19 bits per heavy atom. The first-order valence-corrected chi connectivity index (χ1v) is 9.60. The maximum atomic E-state index is 12.4. The third-order valence-corrected chi connectivity index (χ3v) is 5.62. The molecule has 0 radical (unpaired) electrons. The summed E-state index contributed by atoms with van der Waals surface area (Å²) in [6.45, 7) is 1.99. The van der Waals surface area contributed by atoms with E-state index in [1.165, 1.54) is 22.7 Å². The molecule has 0 atom stereocenters. The van der Waals surface area contributed by atoms with E-state index in [0.29, 0.717) is 27.6 Å². The normalized spacial score (nSPS) is 11.4. The van der Waals surface area contributed by atoms with Gasteiger partial charge in [-0.15, -0.1) is 22.7 Å². The molecule has 4 aromatic heterocycles. The molecule has 0 saturated heterocycles. The SMILES string of the molecule is Cc1cn2cc(C(=O)Nc3nc(-c4ccc5[nH]c(=O)oc5c4)cs3)nc2s1. The van der Waals surface area contributed by atoms with Crippen molar-refractivity contribution in [1.29, 1.82) is 0 Å². The predicted molar refractivity (Wildman–Crippen MR) is 104 cm³/mol. The minimum absolute atomic E-state index is 0.309. The highest BCUT2D eigenvalue weighted by molar-refractivity contribution is 7.17. The number of aryl methyl sites for hydroxylation is 1. The number of aromatic nitrogens is 4. The highest BCUT2D eigenvalue weighted by Gasteiger charge is 2.15. The lowest BCUT2D eigenvalue weighted by Gasteiger charge is -1.98. The van der Waals surface area contributed by atoms with Crippen LogP contribution in [0.2, 0.25) is 0 Å². The molecule has 5 rings (SSSR count). The van der Waals surface area contributed by atoms with Crippen molar-refractivity contribution in [3.05, 3.63) is 57.1 Å². The van der Waals surface area contributed by atoms with Gasteiger partial charge in [-0.25, -0.2) is 14.8 Å². The molecule has 0 aliphatic carbocycles. The third kappa shape index (κ3) is 2.84. The number of nitrogens with one attached hydrogen (secondary N) is 2. The molecule has 8 nitrogen and oxygen atoms in total. The second-order valence-electron chi connectivity index (χ2n) is 5.88. The number of aromatic amines is 1. The fraction of sp³-hybridized carbons (Fsp3) is 0.0588. The number of rotatable bonds is 3. The van der Waals surface area contributed by atoms with E-state index in [1.807, 2.05) is 29.0 Å². The van der Waals surface area contributed by atoms with Crippen LogP contribution >= 0.6 is 22.7 Å². The van der Waals surface area contributed by atoms with Crippen molar-refractivity contribution in [2.45, 2.75) is 6.92 Å². The monoisotopic (exact) mass is 397 g/mol. The molecule has 27 heavy (non-hydrogen) atoms. The molecule has 5 aromatic rings. The van der Waals surface area contributed by atoms with Crippen LogP contribution in [0.5, 0.6) is 0 Å². The van der Waals surface area contributed by atoms with E-state index < -0.39 is 5.76 Å². The van der Waals surface area contributed by atoms with Gasteiger partial charge in [-0.05, 0) is 19.1 Å². The van der Waals surface area contributed by atoms with Crippen LogP contribution in [0, 0.1) is 6.92 Å². The van der Waals surface area contributed by atoms with Gasteiger partial charge in [-0.2, -0.15) is 0 Å². The Labute approximate surface area is 159 Å². The van der Waals surface area contributed by atoms with Gasteiger partial charge in [-0.3, -0.25) is 19.5 Å². The Morgan fingerprint density at radius 1 is 1.30 bits per heavy atom. The Morgan fingerprint density at radius 3 is 3.04 bits per heavy atom. The largest absolute Gasteiger partial charge is 0.417 e.